The maximum Gasteiger partial charge on any atom is 0.251 e. The van der Waals surface area contributed by atoms with E-state index in [-0.39, 0.29) is 18.7 Å². The van der Waals surface area contributed by atoms with E-state index in [9.17, 15) is 28.8 Å². The standard InChI is InChI=1S/C22H27N5O5.C8H16O.C4H10/c1-23-11-18(29)26-20(21(31)16-10-24-17-8-3-2-7-15(16)17)22(32)25-12-19(30)27-9-5-4-6-14(27)13-28;1-3-5-6-7-8(9)4-2;1-3-4-2/h2-3,7-8,10,13-14,20,23-24H,4-6,9,11-12H2,1H3,(H,25,32)(H,26,29);3-7H2,1-2H3;3-4H2,1-2H3/t14-,20-;;/m1../s1. The molecule has 1 aliphatic heterocycles. The molecule has 3 rings (SSSR count). The van der Waals surface area contributed by atoms with Crippen molar-refractivity contribution in [3.8, 4) is 0 Å². The third-order valence-electron chi connectivity index (χ3n) is 7.42. The number of para-hydroxylation sites is 1. The highest BCUT2D eigenvalue weighted by atomic mass is 16.2. The molecule has 1 aliphatic rings. The number of aromatic nitrogens is 1. The Hall–Kier alpha value is -3.86. The molecule has 2 atom stereocenters. The number of rotatable bonds is 15. The zero-order valence-corrected chi connectivity index (χ0v) is 27.7. The topological polar surface area (TPSA) is 158 Å². The van der Waals surface area contributed by atoms with Crippen molar-refractivity contribution in [1.29, 1.82) is 0 Å². The largest absolute Gasteiger partial charge is 0.360 e. The molecular formula is C34H53N5O6. The lowest BCUT2D eigenvalue weighted by molar-refractivity contribution is -0.138. The number of piperidine rings is 1. The average molecular weight is 628 g/mol. The molecule has 1 fully saturated rings. The molecule has 0 unspecified atom stereocenters. The van der Waals surface area contributed by atoms with E-state index in [2.05, 4.69) is 41.7 Å². The Bertz CT molecular complexity index is 1220. The van der Waals surface area contributed by atoms with E-state index in [4.69, 9.17) is 0 Å². The van der Waals surface area contributed by atoms with Gasteiger partial charge < -0.3 is 30.6 Å². The first kappa shape index (κ1) is 39.2. The maximum atomic E-state index is 13.2. The van der Waals surface area contributed by atoms with Crippen LogP contribution in [0.1, 0.15) is 102 Å². The van der Waals surface area contributed by atoms with Crippen molar-refractivity contribution in [2.24, 2.45) is 0 Å². The van der Waals surface area contributed by atoms with Gasteiger partial charge in [-0.2, -0.15) is 0 Å². The molecular weight excluding hydrogens is 574 g/mol. The molecule has 1 saturated heterocycles. The fourth-order valence-electron chi connectivity index (χ4n) is 4.58. The van der Waals surface area contributed by atoms with Crippen LogP contribution in [0.3, 0.4) is 0 Å². The van der Waals surface area contributed by atoms with Crippen LogP contribution in [0.25, 0.3) is 10.9 Å². The molecule has 11 heteroatoms. The van der Waals surface area contributed by atoms with Crippen LogP contribution in [-0.2, 0) is 24.0 Å². The van der Waals surface area contributed by atoms with E-state index < -0.39 is 35.6 Å². The summed E-state index contributed by atoms with van der Waals surface area (Å²) in [5.74, 6) is -1.93. The molecule has 0 aliphatic carbocycles. The van der Waals surface area contributed by atoms with Gasteiger partial charge in [0.2, 0.25) is 11.8 Å². The molecule has 0 spiro atoms. The summed E-state index contributed by atoms with van der Waals surface area (Å²) in [7, 11) is 1.57. The number of benzene rings is 1. The first-order valence-corrected chi connectivity index (χ1v) is 16.3. The summed E-state index contributed by atoms with van der Waals surface area (Å²) < 4.78 is 0. The van der Waals surface area contributed by atoms with Gasteiger partial charge in [0.05, 0.1) is 19.1 Å². The Morgan fingerprint density at radius 3 is 2.31 bits per heavy atom. The normalized spacial score (nSPS) is 14.6. The Labute approximate surface area is 267 Å². The molecule has 3 amide bonds. The van der Waals surface area contributed by atoms with E-state index in [1.807, 2.05) is 13.0 Å². The Balaban J connectivity index is 0.000000655. The molecule has 0 saturated carbocycles. The molecule has 0 radical (unpaired) electrons. The highest BCUT2D eigenvalue weighted by Crippen LogP contribution is 2.19. The Morgan fingerprint density at radius 1 is 0.978 bits per heavy atom. The number of H-pyrrole nitrogens is 1. The highest BCUT2D eigenvalue weighted by molar-refractivity contribution is 6.20. The van der Waals surface area contributed by atoms with Gasteiger partial charge in [-0.1, -0.05) is 71.6 Å². The lowest BCUT2D eigenvalue weighted by Gasteiger charge is -2.32. The summed E-state index contributed by atoms with van der Waals surface area (Å²) in [6.07, 6.45) is 12.1. The fourth-order valence-corrected chi connectivity index (χ4v) is 4.58. The van der Waals surface area contributed by atoms with E-state index in [0.717, 1.165) is 37.5 Å². The van der Waals surface area contributed by atoms with Crippen LogP contribution in [0.5, 0.6) is 0 Å². The zero-order valence-electron chi connectivity index (χ0n) is 27.7. The Morgan fingerprint density at radius 2 is 1.69 bits per heavy atom. The van der Waals surface area contributed by atoms with Gasteiger partial charge in [0.15, 0.2) is 11.8 Å². The molecule has 4 N–H and O–H groups in total. The molecule has 1 aromatic carbocycles. The van der Waals surface area contributed by atoms with Gasteiger partial charge in [0.25, 0.3) is 5.91 Å². The number of nitrogens with one attached hydrogen (secondary N) is 4. The second-order valence-corrected chi connectivity index (χ2v) is 11.0. The first-order chi connectivity index (χ1) is 21.7. The molecule has 2 aromatic rings. The smallest absolute Gasteiger partial charge is 0.251 e. The van der Waals surface area contributed by atoms with Crippen LogP contribution in [0, 0.1) is 0 Å². The summed E-state index contributed by atoms with van der Waals surface area (Å²) in [6, 6.07) is 5.09. The van der Waals surface area contributed by atoms with Crippen molar-refractivity contribution in [3.63, 3.8) is 0 Å². The number of hydrogen-bond acceptors (Lipinski definition) is 7. The summed E-state index contributed by atoms with van der Waals surface area (Å²) in [5.41, 5.74) is 0.977. The van der Waals surface area contributed by atoms with Gasteiger partial charge in [-0.3, -0.25) is 24.0 Å². The molecule has 45 heavy (non-hydrogen) atoms. The number of amides is 3. The van der Waals surface area contributed by atoms with E-state index in [1.165, 1.54) is 36.8 Å². The van der Waals surface area contributed by atoms with Crippen molar-refractivity contribution in [1.82, 2.24) is 25.8 Å². The van der Waals surface area contributed by atoms with Crippen LogP contribution < -0.4 is 16.0 Å². The number of nitrogens with zero attached hydrogens (tertiary/aromatic N) is 1. The molecule has 1 aromatic heterocycles. The van der Waals surface area contributed by atoms with E-state index >= 15 is 0 Å². The van der Waals surface area contributed by atoms with Crippen molar-refractivity contribution < 1.29 is 28.8 Å². The molecule has 0 bridgehead atoms. The SMILES string of the molecule is CCCC.CCCCCC(=O)CC.CNCC(=O)N[C@@H](C(=O)NCC(=O)N1CCCC[C@@H]1C=O)C(=O)c1c[nH]c2ccccc12. The Kier molecular flexibility index (Phi) is 19.7. The van der Waals surface area contributed by atoms with Gasteiger partial charge in [0, 0.05) is 42.0 Å². The van der Waals surface area contributed by atoms with Gasteiger partial charge in [0.1, 0.15) is 12.1 Å². The second-order valence-electron chi connectivity index (χ2n) is 11.0. The quantitative estimate of drug-likeness (QED) is 0.100. The monoisotopic (exact) mass is 627 g/mol. The third kappa shape index (κ3) is 13.8. The lowest BCUT2D eigenvalue weighted by Crippen LogP contribution is -2.55. The van der Waals surface area contributed by atoms with Crippen LogP contribution in [-0.4, -0.2) is 84.2 Å². The molecule has 250 valence electrons. The molecule has 11 nitrogen and oxygen atoms in total. The van der Waals surface area contributed by atoms with Crippen molar-refractivity contribution in [2.45, 2.75) is 104 Å². The van der Waals surface area contributed by atoms with E-state index in [1.54, 1.807) is 25.2 Å². The van der Waals surface area contributed by atoms with Crippen LogP contribution in [0.4, 0.5) is 0 Å². The highest BCUT2D eigenvalue weighted by Gasteiger charge is 2.32. The predicted octanol–water partition coefficient (Wildman–Crippen LogP) is 4.10. The van der Waals surface area contributed by atoms with Crippen LogP contribution >= 0.6 is 0 Å². The number of Topliss-reactive ketones (excluding diaryl/α,β-unsaturated/α-hetero) is 2. The number of hydrogen-bond donors (Lipinski definition) is 4. The number of fused-ring (bicyclic) bond motifs is 1. The number of carbonyl (C=O) groups excluding carboxylic acids is 6. The number of aromatic amines is 1. The number of unbranched alkanes of at least 4 members (excludes halogenated alkanes) is 3. The number of carbonyl (C=O) groups is 6. The number of likely N-dealkylation sites (tertiary alicyclic amines) is 1. The van der Waals surface area contributed by atoms with Gasteiger partial charge >= 0.3 is 0 Å². The van der Waals surface area contributed by atoms with Crippen molar-refractivity contribution in [3.05, 3.63) is 36.0 Å². The number of aldehydes is 1. The van der Waals surface area contributed by atoms with Gasteiger partial charge in [-0.15, -0.1) is 0 Å². The summed E-state index contributed by atoms with van der Waals surface area (Å²) >= 11 is 0. The number of likely N-dealkylation sites (N-methyl/N-ethyl adjacent to an activating group) is 1. The summed E-state index contributed by atoms with van der Waals surface area (Å²) in [4.78, 5) is 77.1. The molecule has 2 heterocycles. The predicted molar refractivity (Wildman–Crippen MR) is 177 cm³/mol. The lowest BCUT2D eigenvalue weighted by atomic mass is 10.0. The second kappa shape index (κ2) is 22.6. The third-order valence-corrected chi connectivity index (χ3v) is 7.42. The van der Waals surface area contributed by atoms with Crippen molar-refractivity contribution in [2.75, 3.05) is 26.7 Å². The first-order valence-electron chi connectivity index (χ1n) is 16.3. The minimum Gasteiger partial charge on any atom is -0.360 e. The minimum atomic E-state index is -1.51. The van der Waals surface area contributed by atoms with Crippen molar-refractivity contribution >= 4 is 46.5 Å². The number of ketones is 2. The van der Waals surface area contributed by atoms with Crippen LogP contribution in [0.2, 0.25) is 0 Å². The maximum absolute atomic E-state index is 13.2. The van der Waals surface area contributed by atoms with E-state index in [0.29, 0.717) is 30.6 Å². The average Bonchev–Trinajstić information content (AvgIpc) is 3.50. The minimum absolute atomic E-state index is 0.0847. The fraction of sp³-hybridized carbons (Fsp3) is 0.588. The van der Waals surface area contributed by atoms with Gasteiger partial charge in [-0.25, -0.2) is 0 Å². The zero-order chi connectivity index (χ0) is 33.6. The summed E-state index contributed by atoms with van der Waals surface area (Å²) in [5, 5.41) is 8.17. The van der Waals surface area contributed by atoms with Crippen LogP contribution in [0.15, 0.2) is 30.5 Å². The van der Waals surface area contributed by atoms with Gasteiger partial charge in [-0.05, 0) is 38.8 Å². The summed E-state index contributed by atoms with van der Waals surface area (Å²) in [6.45, 7) is 8.42.